The molecule has 1 saturated heterocycles. The molecule has 0 unspecified atom stereocenters. The lowest BCUT2D eigenvalue weighted by atomic mass is 10.1. The lowest BCUT2D eigenvalue weighted by Gasteiger charge is -2.25. The molecule has 1 aliphatic heterocycles. The second-order valence-electron chi connectivity index (χ2n) is 3.16. The number of esters is 1. The van der Waals surface area contributed by atoms with Crippen molar-refractivity contribution in [2.45, 2.75) is 32.0 Å². The van der Waals surface area contributed by atoms with Gasteiger partial charge in [-0.25, -0.2) is 4.79 Å². The smallest absolute Gasteiger partial charge is 0.330 e. The summed E-state index contributed by atoms with van der Waals surface area (Å²) in [6, 6.07) is 0. The fourth-order valence-corrected chi connectivity index (χ4v) is 1.33. The maximum absolute atomic E-state index is 10.9. The lowest BCUT2D eigenvalue weighted by Crippen LogP contribution is -2.32. The maximum Gasteiger partial charge on any atom is 0.330 e. The van der Waals surface area contributed by atoms with E-state index in [1.54, 1.807) is 13.0 Å². The Kier molecular flexibility index (Phi) is 4.62. The third-order valence-electron chi connectivity index (χ3n) is 2.04. The minimum Gasteiger partial charge on any atom is -0.463 e. The second-order valence-corrected chi connectivity index (χ2v) is 3.16. The van der Waals surface area contributed by atoms with E-state index in [0.717, 1.165) is 12.8 Å². The van der Waals surface area contributed by atoms with Crippen LogP contribution < -0.4 is 0 Å². The van der Waals surface area contributed by atoms with Gasteiger partial charge in [-0.15, -0.1) is 0 Å². The third-order valence-corrected chi connectivity index (χ3v) is 2.04. The third kappa shape index (κ3) is 3.47. The Bertz CT molecular complexity index is 212. The highest BCUT2D eigenvalue weighted by Crippen LogP contribution is 2.14. The molecule has 0 saturated carbocycles. The Hall–Kier alpha value is -0.870. The van der Waals surface area contributed by atoms with Gasteiger partial charge in [0.1, 0.15) is 6.10 Å². The summed E-state index contributed by atoms with van der Waals surface area (Å²) < 4.78 is 9.98. The molecule has 1 fully saturated rings. The van der Waals surface area contributed by atoms with Crippen molar-refractivity contribution < 1.29 is 19.4 Å². The maximum atomic E-state index is 10.9. The fraction of sp³-hybridized carbons (Fsp3) is 0.700. The van der Waals surface area contributed by atoms with E-state index >= 15 is 0 Å². The number of aliphatic hydroxyl groups excluding tert-OH is 1. The average molecular weight is 200 g/mol. The number of aliphatic hydroxyl groups is 1. The first-order chi connectivity index (χ1) is 6.74. The van der Waals surface area contributed by atoms with Crippen molar-refractivity contribution in [3.05, 3.63) is 12.2 Å². The zero-order valence-corrected chi connectivity index (χ0v) is 8.31. The molecule has 0 bridgehead atoms. The van der Waals surface area contributed by atoms with E-state index in [4.69, 9.17) is 9.47 Å². The van der Waals surface area contributed by atoms with E-state index in [2.05, 4.69) is 0 Å². The molecule has 14 heavy (non-hydrogen) atoms. The number of carbonyl (C=O) groups is 1. The molecule has 1 heterocycles. The molecule has 1 aliphatic rings. The van der Waals surface area contributed by atoms with Crippen molar-refractivity contribution in [2.24, 2.45) is 0 Å². The van der Waals surface area contributed by atoms with Crippen molar-refractivity contribution in [3.8, 4) is 0 Å². The minimum atomic E-state index is -0.505. The van der Waals surface area contributed by atoms with Gasteiger partial charge in [-0.05, 0) is 25.8 Å². The van der Waals surface area contributed by atoms with Crippen LogP contribution in [0.3, 0.4) is 0 Å². The summed E-state index contributed by atoms with van der Waals surface area (Å²) in [5, 5.41) is 9.48. The molecule has 0 aliphatic carbocycles. The van der Waals surface area contributed by atoms with Gasteiger partial charge < -0.3 is 14.6 Å². The summed E-state index contributed by atoms with van der Waals surface area (Å²) in [5.74, 6) is -0.395. The minimum absolute atomic E-state index is 0.358. The molecular formula is C10H16O4. The Morgan fingerprint density at radius 3 is 3.14 bits per heavy atom. The Morgan fingerprint density at radius 1 is 1.71 bits per heavy atom. The molecule has 4 nitrogen and oxygen atoms in total. The number of rotatable bonds is 3. The monoisotopic (exact) mass is 200 g/mol. The number of hydrogen-bond acceptors (Lipinski definition) is 4. The van der Waals surface area contributed by atoms with Crippen LogP contribution in [0.15, 0.2) is 12.2 Å². The van der Waals surface area contributed by atoms with E-state index in [-0.39, 0.29) is 6.10 Å². The highest BCUT2D eigenvalue weighted by atomic mass is 16.5. The van der Waals surface area contributed by atoms with E-state index in [1.807, 2.05) is 0 Å². The van der Waals surface area contributed by atoms with Crippen molar-refractivity contribution in [1.82, 2.24) is 0 Å². The average Bonchev–Trinajstić information content (AvgIpc) is 2.17. The number of carbonyl (C=O) groups excluding carboxylic acids is 1. The van der Waals surface area contributed by atoms with Crippen molar-refractivity contribution in [2.75, 3.05) is 13.2 Å². The summed E-state index contributed by atoms with van der Waals surface area (Å²) in [4.78, 5) is 10.9. The summed E-state index contributed by atoms with van der Waals surface area (Å²) in [6.45, 7) is 2.74. The highest BCUT2D eigenvalue weighted by molar-refractivity contribution is 5.81. The molecule has 1 N–H and O–H groups in total. The molecule has 0 radical (unpaired) electrons. The Balaban J connectivity index is 2.37. The molecule has 4 heteroatoms. The molecule has 0 aromatic rings. The molecule has 2 atom stereocenters. The number of hydrogen-bond donors (Lipinski definition) is 1. The van der Waals surface area contributed by atoms with E-state index in [1.165, 1.54) is 6.08 Å². The Morgan fingerprint density at radius 2 is 2.50 bits per heavy atom. The molecular weight excluding hydrogens is 184 g/mol. The summed E-state index contributed by atoms with van der Waals surface area (Å²) in [6.07, 6.45) is 3.58. The molecule has 1 rings (SSSR count). The zero-order chi connectivity index (χ0) is 10.4. The quantitative estimate of drug-likeness (QED) is 0.536. The standard InChI is InChI=1S/C10H16O4/c1-2-13-10(12)6-5-9-8(11)4-3-7-14-9/h5-6,8-9,11H,2-4,7H2,1H3/b6-5+/t8-,9-/m1/s1. The normalized spacial score (nSPS) is 27.9. The molecule has 80 valence electrons. The molecule has 0 amide bonds. The first kappa shape index (κ1) is 11.2. The van der Waals surface area contributed by atoms with Gasteiger partial charge in [-0.2, -0.15) is 0 Å². The van der Waals surface area contributed by atoms with Crippen LogP contribution in [0, 0.1) is 0 Å². The van der Waals surface area contributed by atoms with E-state index < -0.39 is 12.1 Å². The topological polar surface area (TPSA) is 55.8 Å². The van der Waals surface area contributed by atoms with Crippen molar-refractivity contribution >= 4 is 5.97 Å². The molecule has 0 aromatic heterocycles. The van der Waals surface area contributed by atoms with Gasteiger partial charge in [-0.1, -0.05) is 0 Å². The lowest BCUT2D eigenvalue weighted by molar-refractivity contribution is -0.137. The van der Waals surface area contributed by atoms with Gasteiger partial charge in [0.25, 0.3) is 0 Å². The van der Waals surface area contributed by atoms with Gasteiger partial charge in [0.05, 0.1) is 12.7 Å². The molecule has 0 spiro atoms. The first-order valence-corrected chi connectivity index (χ1v) is 4.88. The predicted octanol–water partition coefficient (Wildman–Crippen LogP) is 0.646. The Labute approximate surface area is 83.5 Å². The SMILES string of the molecule is CCOC(=O)/C=C/[C@H]1OCCC[C@H]1O. The van der Waals surface area contributed by atoms with Crippen LogP contribution >= 0.6 is 0 Å². The van der Waals surface area contributed by atoms with E-state index in [0.29, 0.717) is 13.2 Å². The summed E-state index contributed by atoms with van der Waals surface area (Å²) in [7, 11) is 0. The summed E-state index contributed by atoms with van der Waals surface area (Å²) >= 11 is 0. The highest BCUT2D eigenvalue weighted by Gasteiger charge is 2.21. The summed E-state index contributed by atoms with van der Waals surface area (Å²) in [5.41, 5.74) is 0. The van der Waals surface area contributed by atoms with Crippen LogP contribution in [-0.2, 0) is 14.3 Å². The van der Waals surface area contributed by atoms with Crippen LogP contribution in [0.4, 0.5) is 0 Å². The second kappa shape index (κ2) is 5.78. The van der Waals surface area contributed by atoms with Crippen molar-refractivity contribution in [1.29, 1.82) is 0 Å². The van der Waals surface area contributed by atoms with Crippen LogP contribution in [0.25, 0.3) is 0 Å². The zero-order valence-electron chi connectivity index (χ0n) is 8.31. The predicted molar refractivity (Wildman–Crippen MR) is 50.8 cm³/mol. The van der Waals surface area contributed by atoms with Gasteiger partial charge in [0.15, 0.2) is 0 Å². The van der Waals surface area contributed by atoms with Gasteiger partial charge in [-0.3, -0.25) is 0 Å². The van der Waals surface area contributed by atoms with Crippen LogP contribution in [-0.4, -0.2) is 36.5 Å². The van der Waals surface area contributed by atoms with Crippen LogP contribution in [0.5, 0.6) is 0 Å². The van der Waals surface area contributed by atoms with Gasteiger partial charge >= 0.3 is 5.97 Å². The van der Waals surface area contributed by atoms with Crippen molar-refractivity contribution in [3.63, 3.8) is 0 Å². The van der Waals surface area contributed by atoms with Gasteiger partial charge in [0.2, 0.25) is 0 Å². The van der Waals surface area contributed by atoms with Crippen LogP contribution in [0.1, 0.15) is 19.8 Å². The fourth-order valence-electron chi connectivity index (χ4n) is 1.33. The van der Waals surface area contributed by atoms with Crippen LogP contribution in [0.2, 0.25) is 0 Å². The largest absolute Gasteiger partial charge is 0.463 e. The van der Waals surface area contributed by atoms with Gasteiger partial charge in [0, 0.05) is 12.7 Å². The number of ether oxygens (including phenoxy) is 2. The molecule has 0 aromatic carbocycles. The first-order valence-electron chi connectivity index (χ1n) is 4.88. The van der Waals surface area contributed by atoms with E-state index in [9.17, 15) is 9.90 Å².